The number of unbranched alkanes of at least 4 members (excludes halogenated alkanes) is 1. The van der Waals surface area contributed by atoms with Crippen molar-refractivity contribution in [1.29, 1.82) is 0 Å². The van der Waals surface area contributed by atoms with Crippen molar-refractivity contribution in [2.24, 2.45) is 0 Å². The number of carbonyl (C=O) groups is 2. The van der Waals surface area contributed by atoms with E-state index in [4.69, 9.17) is 0 Å². The zero-order valence-electron chi connectivity index (χ0n) is 12.5. The van der Waals surface area contributed by atoms with Gasteiger partial charge in [-0.25, -0.2) is 9.59 Å². The Morgan fingerprint density at radius 2 is 2.14 bits per heavy atom. The van der Waals surface area contributed by atoms with Gasteiger partial charge in [-0.05, 0) is 25.0 Å². The van der Waals surface area contributed by atoms with Crippen LogP contribution in [0.4, 0.5) is 10.5 Å². The molecule has 0 radical (unpaired) electrons. The third-order valence-electron chi connectivity index (χ3n) is 3.84. The first kappa shape index (κ1) is 15.4. The Labute approximate surface area is 125 Å². The molecule has 5 nitrogen and oxygen atoms in total. The largest absolute Gasteiger partial charge is 0.480 e. The molecule has 5 heteroatoms. The summed E-state index contributed by atoms with van der Waals surface area (Å²) in [6.07, 6.45) is 3.38. The first-order valence-corrected chi connectivity index (χ1v) is 7.45. The maximum atomic E-state index is 12.4. The number of amides is 2. The summed E-state index contributed by atoms with van der Waals surface area (Å²) in [4.78, 5) is 25.2. The molecule has 1 aromatic carbocycles. The van der Waals surface area contributed by atoms with Crippen LogP contribution in [-0.4, -0.2) is 29.2 Å². The first-order valence-electron chi connectivity index (χ1n) is 7.45. The monoisotopic (exact) mass is 290 g/mol. The maximum Gasteiger partial charge on any atom is 0.327 e. The number of carbonyl (C=O) groups excluding carboxylic acids is 1. The zero-order valence-corrected chi connectivity index (χ0v) is 12.5. The van der Waals surface area contributed by atoms with Gasteiger partial charge in [-0.2, -0.15) is 0 Å². The van der Waals surface area contributed by atoms with Crippen molar-refractivity contribution in [3.8, 4) is 0 Å². The third kappa shape index (κ3) is 3.35. The molecule has 0 fully saturated rings. The molecule has 114 valence electrons. The van der Waals surface area contributed by atoms with Gasteiger partial charge in [-0.1, -0.05) is 38.0 Å². The van der Waals surface area contributed by atoms with Crippen LogP contribution in [0.15, 0.2) is 24.3 Å². The summed E-state index contributed by atoms with van der Waals surface area (Å²) in [6, 6.07) is 6.26. The number of hydrogen-bond donors (Lipinski definition) is 2. The molecule has 0 saturated heterocycles. The minimum absolute atomic E-state index is 0.0413. The van der Waals surface area contributed by atoms with Gasteiger partial charge in [0.2, 0.25) is 0 Å². The average Bonchev–Trinajstić information content (AvgIpc) is 2.84. The fourth-order valence-corrected chi connectivity index (χ4v) is 2.70. The number of nitrogens with zero attached hydrogens (tertiary/aromatic N) is 1. The van der Waals surface area contributed by atoms with Gasteiger partial charge in [0.25, 0.3) is 0 Å². The van der Waals surface area contributed by atoms with E-state index in [0.29, 0.717) is 12.1 Å². The zero-order chi connectivity index (χ0) is 15.4. The summed E-state index contributed by atoms with van der Waals surface area (Å²) in [6.45, 7) is 4.05. The molecule has 0 spiro atoms. The molecule has 2 unspecified atom stereocenters. The summed E-state index contributed by atoms with van der Waals surface area (Å²) in [5.41, 5.74) is 1.60. The van der Waals surface area contributed by atoms with Crippen LogP contribution < -0.4 is 10.2 Å². The Bertz CT molecular complexity index is 530. The van der Waals surface area contributed by atoms with E-state index in [1.54, 1.807) is 6.07 Å². The number of aliphatic carboxylic acids is 1. The van der Waals surface area contributed by atoms with E-state index in [0.717, 1.165) is 24.8 Å². The van der Waals surface area contributed by atoms with E-state index in [2.05, 4.69) is 12.2 Å². The molecule has 1 aromatic rings. The quantitative estimate of drug-likeness (QED) is 0.876. The van der Waals surface area contributed by atoms with Crippen LogP contribution in [0.3, 0.4) is 0 Å². The molecule has 2 rings (SSSR count). The number of hydrogen-bond acceptors (Lipinski definition) is 2. The van der Waals surface area contributed by atoms with Crippen molar-refractivity contribution >= 4 is 17.7 Å². The number of benzene rings is 1. The highest BCUT2D eigenvalue weighted by Crippen LogP contribution is 2.32. The van der Waals surface area contributed by atoms with Crippen LogP contribution in [0, 0.1) is 0 Å². The van der Waals surface area contributed by atoms with Crippen LogP contribution in [0.2, 0.25) is 0 Å². The number of para-hydroxylation sites is 1. The fourth-order valence-electron chi connectivity index (χ4n) is 2.70. The van der Waals surface area contributed by atoms with E-state index >= 15 is 0 Å². The van der Waals surface area contributed by atoms with Crippen LogP contribution in [0.5, 0.6) is 0 Å². The topological polar surface area (TPSA) is 69.6 Å². The first-order chi connectivity index (χ1) is 10.0. The number of carboxylic acids is 1. The summed E-state index contributed by atoms with van der Waals surface area (Å²) >= 11 is 0. The molecule has 2 amide bonds. The molecular weight excluding hydrogens is 268 g/mol. The van der Waals surface area contributed by atoms with Crippen molar-refractivity contribution in [3.05, 3.63) is 29.8 Å². The lowest BCUT2D eigenvalue weighted by atomic mass is 10.1. The molecule has 1 aliphatic rings. The summed E-state index contributed by atoms with van der Waals surface area (Å²) in [5, 5.41) is 12.3. The Morgan fingerprint density at radius 1 is 1.43 bits per heavy atom. The van der Waals surface area contributed by atoms with Crippen molar-refractivity contribution in [2.45, 2.75) is 51.6 Å². The highest BCUT2D eigenvalue weighted by atomic mass is 16.4. The predicted octanol–water partition coefficient (Wildman–Crippen LogP) is 2.79. The summed E-state index contributed by atoms with van der Waals surface area (Å²) < 4.78 is 0. The van der Waals surface area contributed by atoms with E-state index in [-0.39, 0.29) is 12.1 Å². The highest BCUT2D eigenvalue weighted by Gasteiger charge is 2.38. The minimum atomic E-state index is -0.970. The lowest BCUT2D eigenvalue weighted by Crippen LogP contribution is -2.50. The van der Waals surface area contributed by atoms with Gasteiger partial charge in [0, 0.05) is 18.2 Å². The number of nitrogens with one attached hydrogen (secondary N) is 1. The summed E-state index contributed by atoms with van der Waals surface area (Å²) in [7, 11) is 0. The second-order valence-electron chi connectivity index (χ2n) is 5.55. The van der Waals surface area contributed by atoms with E-state index < -0.39 is 12.0 Å². The van der Waals surface area contributed by atoms with Gasteiger partial charge in [-0.3, -0.25) is 4.90 Å². The Kier molecular flexibility index (Phi) is 4.83. The predicted molar refractivity (Wildman–Crippen MR) is 81.6 cm³/mol. The molecule has 2 atom stereocenters. The van der Waals surface area contributed by atoms with Crippen LogP contribution in [0.1, 0.15) is 38.7 Å². The standard InChI is InChI=1S/C16H22N2O3/c1-3-4-7-11(2)17-16(21)18-13-9-6-5-8-12(13)10-14(18)15(19)20/h5-6,8-9,11,14H,3-4,7,10H2,1-2H3,(H,17,21)(H,19,20). The molecule has 1 aliphatic heterocycles. The van der Waals surface area contributed by atoms with Gasteiger partial charge >= 0.3 is 12.0 Å². The van der Waals surface area contributed by atoms with Crippen LogP contribution >= 0.6 is 0 Å². The van der Waals surface area contributed by atoms with Gasteiger partial charge < -0.3 is 10.4 Å². The average molecular weight is 290 g/mol. The molecule has 21 heavy (non-hydrogen) atoms. The fraction of sp³-hybridized carbons (Fsp3) is 0.500. The van der Waals surface area contributed by atoms with E-state index in [9.17, 15) is 14.7 Å². The van der Waals surface area contributed by atoms with Crippen molar-refractivity contribution < 1.29 is 14.7 Å². The number of urea groups is 1. The lowest BCUT2D eigenvalue weighted by molar-refractivity contribution is -0.138. The lowest BCUT2D eigenvalue weighted by Gasteiger charge is -2.25. The summed E-state index contributed by atoms with van der Waals surface area (Å²) in [5.74, 6) is -0.970. The second kappa shape index (κ2) is 6.61. The van der Waals surface area contributed by atoms with Gasteiger partial charge in [0.1, 0.15) is 6.04 Å². The number of fused-ring (bicyclic) bond motifs is 1. The van der Waals surface area contributed by atoms with Gasteiger partial charge in [0.15, 0.2) is 0 Å². The molecule has 2 N–H and O–H groups in total. The van der Waals surface area contributed by atoms with Gasteiger partial charge in [0.05, 0.1) is 0 Å². The number of carboxylic acid groups (broad SMARTS) is 1. The third-order valence-corrected chi connectivity index (χ3v) is 3.84. The Balaban J connectivity index is 2.15. The SMILES string of the molecule is CCCCC(C)NC(=O)N1c2ccccc2CC1C(=O)O. The van der Waals surface area contributed by atoms with E-state index in [1.807, 2.05) is 25.1 Å². The smallest absolute Gasteiger partial charge is 0.327 e. The molecule has 1 heterocycles. The number of anilines is 1. The van der Waals surface area contributed by atoms with Gasteiger partial charge in [-0.15, -0.1) is 0 Å². The van der Waals surface area contributed by atoms with E-state index in [1.165, 1.54) is 4.90 Å². The Morgan fingerprint density at radius 3 is 2.81 bits per heavy atom. The van der Waals surface area contributed by atoms with Crippen molar-refractivity contribution in [1.82, 2.24) is 5.32 Å². The Hall–Kier alpha value is -2.04. The van der Waals surface area contributed by atoms with Crippen LogP contribution in [-0.2, 0) is 11.2 Å². The molecule has 0 aliphatic carbocycles. The number of rotatable bonds is 5. The van der Waals surface area contributed by atoms with Crippen LogP contribution in [0.25, 0.3) is 0 Å². The molecule has 0 bridgehead atoms. The normalized spacial score (nSPS) is 18.2. The van der Waals surface area contributed by atoms with Crippen molar-refractivity contribution in [3.63, 3.8) is 0 Å². The maximum absolute atomic E-state index is 12.4. The minimum Gasteiger partial charge on any atom is -0.480 e. The highest BCUT2D eigenvalue weighted by molar-refractivity contribution is 6.01. The van der Waals surface area contributed by atoms with Crippen molar-refractivity contribution in [2.75, 3.05) is 4.90 Å². The molecular formula is C16H22N2O3. The molecule has 0 saturated carbocycles. The second-order valence-corrected chi connectivity index (χ2v) is 5.55. The molecule has 0 aromatic heterocycles.